The first kappa shape index (κ1) is 26.6. The molecule has 0 saturated carbocycles. The summed E-state index contributed by atoms with van der Waals surface area (Å²) in [6, 6.07) is 9.23. The Hall–Kier alpha value is -2.64. The van der Waals surface area contributed by atoms with Crippen LogP contribution >= 0.6 is 23.2 Å². The van der Waals surface area contributed by atoms with Gasteiger partial charge in [-0.1, -0.05) is 29.3 Å². The van der Waals surface area contributed by atoms with Gasteiger partial charge in [0.05, 0.1) is 14.2 Å². The first-order valence-corrected chi connectivity index (χ1v) is 11.1. The maximum Gasteiger partial charge on any atom is 0.261 e. The number of nitrogens with zero attached hydrogens (tertiary/aromatic N) is 1. The Labute approximate surface area is 204 Å². The standard InChI is InChI=1S/C24H30Cl2N2O5/c1-15(23(30)27-24(2,3)4)28(13-16-7-8-17(25)9-21(16)26)22(29)14-33-20-11-18(31-5)10-19(12-20)32-6/h7-12,15H,13-14H2,1-6H3,(H,27,30)/t15-/m0/s1. The van der Waals surface area contributed by atoms with Crippen molar-refractivity contribution in [3.63, 3.8) is 0 Å². The zero-order valence-corrected chi connectivity index (χ0v) is 21.2. The molecular weight excluding hydrogens is 467 g/mol. The molecule has 7 nitrogen and oxygen atoms in total. The molecule has 0 aromatic heterocycles. The number of nitrogens with one attached hydrogen (secondary N) is 1. The van der Waals surface area contributed by atoms with Gasteiger partial charge >= 0.3 is 0 Å². The number of carbonyl (C=O) groups excluding carboxylic acids is 2. The van der Waals surface area contributed by atoms with Crippen LogP contribution < -0.4 is 19.5 Å². The van der Waals surface area contributed by atoms with E-state index in [-0.39, 0.29) is 25.0 Å². The van der Waals surface area contributed by atoms with Gasteiger partial charge in [-0.3, -0.25) is 9.59 Å². The van der Waals surface area contributed by atoms with E-state index in [0.29, 0.717) is 32.9 Å². The lowest BCUT2D eigenvalue weighted by molar-refractivity contribution is -0.142. The van der Waals surface area contributed by atoms with E-state index in [4.69, 9.17) is 37.4 Å². The minimum atomic E-state index is -0.771. The summed E-state index contributed by atoms with van der Waals surface area (Å²) in [6.07, 6.45) is 0. The summed E-state index contributed by atoms with van der Waals surface area (Å²) < 4.78 is 16.2. The number of hydrogen-bond donors (Lipinski definition) is 1. The molecule has 0 unspecified atom stereocenters. The van der Waals surface area contributed by atoms with Gasteiger partial charge in [0.25, 0.3) is 5.91 Å². The minimum Gasteiger partial charge on any atom is -0.496 e. The molecule has 180 valence electrons. The maximum atomic E-state index is 13.2. The molecule has 2 amide bonds. The maximum absolute atomic E-state index is 13.2. The van der Waals surface area contributed by atoms with Crippen molar-refractivity contribution in [2.45, 2.75) is 45.8 Å². The van der Waals surface area contributed by atoms with Crippen molar-refractivity contribution in [1.82, 2.24) is 10.2 Å². The van der Waals surface area contributed by atoms with Crippen molar-refractivity contribution in [3.05, 3.63) is 52.0 Å². The van der Waals surface area contributed by atoms with Gasteiger partial charge in [0.2, 0.25) is 5.91 Å². The number of benzene rings is 2. The van der Waals surface area contributed by atoms with Crippen LogP contribution in [0.1, 0.15) is 33.3 Å². The second-order valence-corrected chi connectivity index (χ2v) is 9.35. The summed E-state index contributed by atoms with van der Waals surface area (Å²) in [5.74, 6) is 0.776. The van der Waals surface area contributed by atoms with Crippen molar-refractivity contribution in [2.75, 3.05) is 20.8 Å². The highest BCUT2D eigenvalue weighted by Gasteiger charge is 2.29. The summed E-state index contributed by atoms with van der Waals surface area (Å²) in [5, 5.41) is 3.79. The second kappa shape index (κ2) is 11.5. The van der Waals surface area contributed by atoms with Gasteiger partial charge in [-0.15, -0.1) is 0 Å². The topological polar surface area (TPSA) is 77.1 Å². The Morgan fingerprint density at radius 3 is 2.09 bits per heavy atom. The lowest BCUT2D eigenvalue weighted by atomic mass is 10.1. The number of halogens is 2. The Bertz CT molecular complexity index is 969. The van der Waals surface area contributed by atoms with E-state index in [1.54, 1.807) is 43.3 Å². The molecule has 0 spiro atoms. The fourth-order valence-electron chi connectivity index (χ4n) is 2.98. The van der Waals surface area contributed by atoms with E-state index in [1.165, 1.54) is 19.1 Å². The first-order valence-electron chi connectivity index (χ1n) is 10.3. The van der Waals surface area contributed by atoms with Crippen LogP contribution in [0, 0.1) is 0 Å². The summed E-state index contributed by atoms with van der Waals surface area (Å²) >= 11 is 12.3. The molecule has 2 aromatic carbocycles. The van der Waals surface area contributed by atoms with E-state index in [9.17, 15) is 9.59 Å². The van der Waals surface area contributed by atoms with Crippen molar-refractivity contribution in [3.8, 4) is 17.2 Å². The van der Waals surface area contributed by atoms with Crippen LogP contribution in [0.4, 0.5) is 0 Å². The SMILES string of the molecule is COc1cc(OC)cc(OCC(=O)N(Cc2ccc(Cl)cc2Cl)[C@@H](C)C(=O)NC(C)(C)C)c1. The predicted octanol–water partition coefficient (Wildman–Crippen LogP) is 4.72. The quantitative estimate of drug-likeness (QED) is 0.543. The fourth-order valence-corrected chi connectivity index (χ4v) is 3.45. The molecule has 2 rings (SSSR count). The third-order valence-electron chi connectivity index (χ3n) is 4.71. The number of methoxy groups -OCH3 is 2. The average molecular weight is 497 g/mol. The number of amides is 2. The molecule has 2 aromatic rings. The van der Waals surface area contributed by atoms with E-state index >= 15 is 0 Å². The highest BCUT2D eigenvalue weighted by Crippen LogP contribution is 2.28. The number of hydrogen-bond acceptors (Lipinski definition) is 5. The van der Waals surface area contributed by atoms with Gasteiger partial charge in [0, 0.05) is 40.3 Å². The Morgan fingerprint density at radius 1 is 1.00 bits per heavy atom. The van der Waals surface area contributed by atoms with Crippen molar-refractivity contribution in [2.24, 2.45) is 0 Å². The number of carbonyl (C=O) groups is 2. The van der Waals surface area contributed by atoms with Crippen molar-refractivity contribution in [1.29, 1.82) is 0 Å². The van der Waals surface area contributed by atoms with Gasteiger partial charge in [-0.05, 0) is 45.4 Å². The third-order valence-corrected chi connectivity index (χ3v) is 5.30. The zero-order chi connectivity index (χ0) is 24.8. The van der Waals surface area contributed by atoms with E-state index < -0.39 is 11.6 Å². The van der Waals surface area contributed by atoms with Crippen LogP contribution in [-0.4, -0.2) is 49.1 Å². The molecule has 1 atom stereocenters. The Morgan fingerprint density at radius 2 is 1.58 bits per heavy atom. The molecule has 0 aliphatic rings. The Kier molecular flexibility index (Phi) is 9.25. The molecule has 0 saturated heterocycles. The average Bonchev–Trinajstić information content (AvgIpc) is 2.75. The number of rotatable bonds is 9. The molecule has 0 bridgehead atoms. The van der Waals surface area contributed by atoms with Gasteiger partial charge in [-0.25, -0.2) is 0 Å². The van der Waals surface area contributed by atoms with Crippen molar-refractivity contribution < 1.29 is 23.8 Å². The largest absolute Gasteiger partial charge is 0.496 e. The predicted molar refractivity (Wildman–Crippen MR) is 129 cm³/mol. The van der Waals surface area contributed by atoms with Gasteiger partial charge in [0.1, 0.15) is 23.3 Å². The monoisotopic (exact) mass is 496 g/mol. The Balaban J connectivity index is 2.26. The van der Waals surface area contributed by atoms with Gasteiger partial charge in [-0.2, -0.15) is 0 Å². The first-order chi connectivity index (χ1) is 15.4. The van der Waals surface area contributed by atoms with E-state index in [0.717, 1.165) is 0 Å². The van der Waals surface area contributed by atoms with Crippen LogP contribution in [-0.2, 0) is 16.1 Å². The third kappa shape index (κ3) is 8.02. The van der Waals surface area contributed by atoms with E-state index in [2.05, 4.69) is 5.32 Å². The fraction of sp³-hybridized carbons (Fsp3) is 0.417. The molecular formula is C24H30Cl2N2O5. The van der Waals surface area contributed by atoms with Crippen LogP contribution in [0.25, 0.3) is 0 Å². The zero-order valence-electron chi connectivity index (χ0n) is 19.7. The van der Waals surface area contributed by atoms with Gasteiger partial charge in [0.15, 0.2) is 6.61 Å². The lowest BCUT2D eigenvalue weighted by Crippen LogP contribution is -2.53. The second-order valence-electron chi connectivity index (χ2n) is 8.51. The molecule has 0 radical (unpaired) electrons. The highest BCUT2D eigenvalue weighted by atomic mass is 35.5. The van der Waals surface area contributed by atoms with E-state index in [1.807, 2.05) is 20.8 Å². The minimum absolute atomic E-state index is 0.109. The van der Waals surface area contributed by atoms with Crippen molar-refractivity contribution >= 4 is 35.0 Å². The summed E-state index contributed by atoms with van der Waals surface area (Å²) in [7, 11) is 3.05. The smallest absolute Gasteiger partial charge is 0.261 e. The molecule has 0 fully saturated rings. The van der Waals surface area contributed by atoms with Crippen LogP contribution in [0.5, 0.6) is 17.2 Å². The summed E-state index contributed by atoms with van der Waals surface area (Å²) in [5.41, 5.74) is 0.207. The normalized spacial score (nSPS) is 12.0. The summed E-state index contributed by atoms with van der Waals surface area (Å²) in [6.45, 7) is 7.10. The van der Waals surface area contributed by atoms with Crippen LogP contribution in [0.15, 0.2) is 36.4 Å². The van der Waals surface area contributed by atoms with Crippen LogP contribution in [0.2, 0.25) is 10.0 Å². The number of ether oxygens (including phenoxy) is 3. The highest BCUT2D eigenvalue weighted by molar-refractivity contribution is 6.35. The molecule has 1 N–H and O–H groups in total. The summed E-state index contributed by atoms with van der Waals surface area (Å²) in [4.78, 5) is 27.5. The molecule has 33 heavy (non-hydrogen) atoms. The van der Waals surface area contributed by atoms with Gasteiger partial charge < -0.3 is 24.4 Å². The molecule has 0 aliphatic carbocycles. The molecule has 9 heteroatoms. The van der Waals surface area contributed by atoms with Crippen LogP contribution in [0.3, 0.4) is 0 Å². The lowest BCUT2D eigenvalue weighted by Gasteiger charge is -2.31. The molecule has 0 aliphatic heterocycles. The molecule has 0 heterocycles.